The number of nitrogens with two attached hydrogens (primary N) is 1. The van der Waals surface area contributed by atoms with E-state index in [1.54, 1.807) is 0 Å². The molecule has 2 saturated heterocycles. The highest BCUT2D eigenvalue weighted by molar-refractivity contribution is 4.96. The van der Waals surface area contributed by atoms with Crippen molar-refractivity contribution in [3.63, 3.8) is 0 Å². The van der Waals surface area contributed by atoms with Crippen molar-refractivity contribution in [3.8, 4) is 0 Å². The van der Waals surface area contributed by atoms with Crippen LogP contribution in [0.1, 0.15) is 6.42 Å². The summed E-state index contributed by atoms with van der Waals surface area (Å²) in [6.07, 6.45) is 1.13. The topological polar surface area (TPSA) is 41.7 Å². The summed E-state index contributed by atoms with van der Waals surface area (Å²) in [7, 11) is 2.15. The molecule has 0 aliphatic carbocycles. The molecule has 0 bridgehead atoms. The van der Waals surface area contributed by atoms with E-state index in [1.165, 1.54) is 0 Å². The van der Waals surface area contributed by atoms with Crippen LogP contribution in [0, 0.1) is 0 Å². The molecule has 4 heteroatoms. The molecule has 0 saturated carbocycles. The summed E-state index contributed by atoms with van der Waals surface area (Å²) in [5.41, 5.74) is 6.38. The highest BCUT2D eigenvalue weighted by Gasteiger charge is 2.34. The number of nitrogens with zero attached hydrogens (tertiary/aromatic N) is 2. The van der Waals surface area contributed by atoms with Crippen molar-refractivity contribution in [3.05, 3.63) is 0 Å². The average Bonchev–Trinajstić information content (AvgIpc) is 2.47. The van der Waals surface area contributed by atoms with Crippen LogP contribution in [0.5, 0.6) is 0 Å². The van der Waals surface area contributed by atoms with Crippen molar-refractivity contribution in [2.24, 2.45) is 5.73 Å². The van der Waals surface area contributed by atoms with Gasteiger partial charge in [0, 0.05) is 31.7 Å². The number of ether oxygens (including phenoxy) is 1. The van der Waals surface area contributed by atoms with Crippen molar-refractivity contribution in [1.82, 2.24) is 9.80 Å². The number of likely N-dealkylation sites (tertiary alicyclic amines) is 1. The van der Waals surface area contributed by atoms with Crippen LogP contribution in [-0.2, 0) is 4.74 Å². The van der Waals surface area contributed by atoms with Gasteiger partial charge in [-0.05, 0) is 20.0 Å². The number of rotatable bonds is 2. The first kappa shape index (κ1) is 10.4. The van der Waals surface area contributed by atoms with E-state index in [0.29, 0.717) is 0 Å². The zero-order valence-electron chi connectivity index (χ0n) is 9.04. The number of likely N-dealkylation sites (N-methyl/N-ethyl adjacent to an activating group) is 1. The summed E-state index contributed by atoms with van der Waals surface area (Å²) in [6.45, 7) is 7.02. The zero-order chi connectivity index (χ0) is 10.0. The SMILES string of the molecule is CN1CCC(N)(CN2CCOCC2)C1. The van der Waals surface area contributed by atoms with E-state index in [0.717, 1.165) is 52.4 Å². The monoisotopic (exact) mass is 199 g/mol. The molecule has 2 heterocycles. The summed E-state index contributed by atoms with van der Waals surface area (Å²) >= 11 is 0. The van der Waals surface area contributed by atoms with Crippen LogP contribution in [0.2, 0.25) is 0 Å². The second-order valence-corrected chi connectivity index (χ2v) is 4.74. The first-order chi connectivity index (χ1) is 6.68. The molecule has 0 aromatic rings. The Labute approximate surface area is 86.0 Å². The van der Waals surface area contributed by atoms with Crippen LogP contribution in [0.3, 0.4) is 0 Å². The van der Waals surface area contributed by atoms with Gasteiger partial charge in [-0.2, -0.15) is 0 Å². The van der Waals surface area contributed by atoms with Crippen LogP contribution < -0.4 is 5.73 Å². The smallest absolute Gasteiger partial charge is 0.0594 e. The minimum absolute atomic E-state index is 0.0199. The molecule has 2 rings (SSSR count). The van der Waals surface area contributed by atoms with Crippen LogP contribution in [0.4, 0.5) is 0 Å². The fraction of sp³-hybridized carbons (Fsp3) is 1.00. The fourth-order valence-corrected chi connectivity index (χ4v) is 2.44. The molecule has 0 spiro atoms. The third-order valence-electron chi connectivity index (χ3n) is 3.22. The average molecular weight is 199 g/mol. The maximum absolute atomic E-state index is 6.36. The lowest BCUT2D eigenvalue weighted by Gasteiger charge is -2.34. The molecule has 0 amide bonds. The van der Waals surface area contributed by atoms with Crippen molar-refractivity contribution >= 4 is 0 Å². The molecule has 2 fully saturated rings. The van der Waals surface area contributed by atoms with E-state index in [1.807, 2.05) is 0 Å². The van der Waals surface area contributed by atoms with E-state index < -0.39 is 0 Å². The van der Waals surface area contributed by atoms with E-state index in [9.17, 15) is 0 Å². The molecule has 2 N–H and O–H groups in total. The molecule has 0 aromatic carbocycles. The van der Waals surface area contributed by atoms with Gasteiger partial charge in [-0.15, -0.1) is 0 Å². The largest absolute Gasteiger partial charge is 0.379 e. The van der Waals surface area contributed by atoms with Crippen LogP contribution in [0.15, 0.2) is 0 Å². The summed E-state index contributed by atoms with van der Waals surface area (Å²) in [6, 6.07) is 0. The maximum atomic E-state index is 6.36. The molecule has 0 aromatic heterocycles. The Bertz CT molecular complexity index is 194. The third kappa shape index (κ3) is 2.45. The Morgan fingerprint density at radius 2 is 2.00 bits per heavy atom. The van der Waals surface area contributed by atoms with Crippen LogP contribution >= 0.6 is 0 Å². The lowest BCUT2D eigenvalue weighted by molar-refractivity contribution is 0.0283. The van der Waals surface area contributed by atoms with Crippen molar-refractivity contribution in [2.45, 2.75) is 12.0 Å². The molecule has 14 heavy (non-hydrogen) atoms. The summed E-state index contributed by atoms with van der Waals surface area (Å²) in [5, 5.41) is 0. The molecule has 0 radical (unpaired) electrons. The van der Waals surface area contributed by atoms with Gasteiger partial charge in [0.25, 0.3) is 0 Å². The van der Waals surface area contributed by atoms with E-state index in [4.69, 9.17) is 10.5 Å². The molecular formula is C10H21N3O. The van der Waals surface area contributed by atoms with Gasteiger partial charge in [-0.1, -0.05) is 0 Å². The first-order valence-electron chi connectivity index (χ1n) is 5.46. The van der Waals surface area contributed by atoms with Crippen molar-refractivity contribution in [1.29, 1.82) is 0 Å². The fourth-order valence-electron chi connectivity index (χ4n) is 2.44. The zero-order valence-corrected chi connectivity index (χ0v) is 9.04. The van der Waals surface area contributed by atoms with Gasteiger partial charge in [0.2, 0.25) is 0 Å². The predicted octanol–water partition coefficient (Wildman–Crippen LogP) is -0.648. The van der Waals surface area contributed by atoms with E-state index in [-0.39, 0.29) is 5.54 Å². The standard InChI is InChI=1S/C10H21N3O/c1-12-3-2-10(11,8-12)9-13-4-6-14-7-5-13/h2-9,11H2,1H3. The second-order valence-electron chi connectivity index (χ2n) is 4.74. The number of morpholine rings is 1. The Balaban J connectivity index is 1.83. The molecular weight excluding hydrogens is 178 g/mol. The first-order valence-corrected chi connectivity index (χ1v) is 5.46. The summed E-state index contributed by atoms with van der Waals surface area (Å²) in [4.78, 5) is 4.75. The predicted molar refractivity (Wildman–Crippen MR) is 56.3 cm³/mol. The molecule has 82 valence electrons. The molecule has 1 atom stereocenters. The Kier molecular flexibility index (Phi) is 3.07. The van der Waals surface area contributed by atoms with Gasteiger partial charge in [-0.3, -0.25) is 4.90 Å². The van der Waals surface area contributed by atoms with Gasteiger partial charge >= 0.3 is 0 Å². The Morgan fingerprint density at radius 3 is 2.57 bits per heavy atom. The van der Waals surface area contributed by atoms with Crippen molar-refractivity contribution < 1.29 is 4.74 Å². The summed E-state index contributed by atoms with van der Waals surface area (Å²) < 4.78 is 5.33. The van der Waals surface area contributed by atoms with Gasteiger partial charge in [0.1, 0.15) is 0 Å². The minimum Gasteiger partial charge on any atom is -0.379 e. The maximum Gasteiger partial charge on any atom is 0.0594 e. The highest BCUT2D eigenvalue weighted by Crippen LogP contribution is 2.18. The Morgan fingerprint density at radius 1 is 1.29 bits per heavy atom. The van der Waals surface area contributed by atoms with Gasteiger partial charge in [0.05, 0.1) is 13.2 Å². The summed E-state index contributed by atoms with van der Waals surface area (Å²) in [5.74, 6) is 0. The highest BCUT2D eigenvalue weighted by atomic mass is 16.5. The molecule has 2 aliphatic rings. The van der Waals surface area contributed by atoms with Crippen LogP contribution in [0.25, 0.3) is 0 Å². The quantitative estimate of drug-likeness (QED) is 0.642. The third-order valence-corrected chi connectivity index (χ3v) is 3.22. The van der Waals surface area contributed by atoms with E-state index >= 15 is 0 Å². The van der Waals surface area contributed by atoms with Gasteiger partial charge in [0.15, 0.2) is 0 Å². The number of hydrogen-bond acceptors (Lipinski definition) is 4. The Hall–Kier alpha value is -0.160. The minimum atomic E-state index is 0.0199. The van der Waals surface area contributed by atoms with Crippen molar-refractivity contribution in [2.75, 3.05) is 53.0 Å². The van der Waals surface area contributed by atoms with Gasteiger partial charge in [-0.25, -0.2) is 0 Å². The number of hydrogen-bond donors (Lipinski definition) is 1. The lowest BCUT2D eigenvalue weighted by Crippen LogP contribution is -2.54. The molecule has 1 unspecified atom stereocenters. The normalized spacial score (nSPS) is 36.4. The van der Waals surface area contributed by atoms with Crippen LogP contribution in [-0.4, -0.2) is 68.3 Å². The van der Waals surface area contributed by atoms with Gasteiger partial charge < -0.3 is 15.4 Å². The molecule has 2 aliphatic heterocycles. The lowest BCUT2D eigenvalue weighted by atomic mass is 9.99. The second kappa shape index (κ2) is 4.14. The van der Waals surface area contributed by atoms with E-state index in [2.05, 4.69) is 16.8 Å². The molecule has 4 nitrogen and oxygen atoms in total.